The maximum atomic E-state index is 12.4. The standard InChI is InChI=1S/C15H13N3O4S/c1-7-12-9(15(20)21-8(2)13(16)19)6-10(11-4-3-5-23-11)17-14(12)22-18-7/h3-6,8H,1-2H3,(H2,16,19)/t8-/m0/s1. The number of ether oxygens (including phenoxy) is 1. The van der Waals surface area contributed by atoms with E-state index in [9.17, 15) is 9.59 Å². The van der Waals surface area contributed by atoms with Gasteiger partial charge in [0.05, 0.1) is 27.2 Å². The van der Waals surface area contributed by atoms with E-state index in [0.717, 1.165) is 4.88 Å². The summed E-state index contributed by atoms with van der Waals surface area (Å²) in [5.74, 6) is -1.39. The molecule has 1 atom stereocenters. The number of hydrogen-bond acceptors (Lipinski definition) is 7. The number of hydrogen-bond donors (Lipinski definition) is 1. The summed E-state index contributed by atoms with van der Waals surface area (Å²) >= 11 is 1.48. The van der Waals surface area contributed by atoms with Crippen LogP contribution in [0.15, 0.2) is 28.1 Å². The highest BCUT2D eigenvalue weighted by Crippen LogP contribution is 2.29. The van der Waals surface area contributed by atoms with Gasteiger partial charge in [-0.15, -0.1) is 11.3 Å². The normalized spacial score (nSPS) is 12.3. The van der Waals surface area contributed by atoms with E-state index in [4.69, 9.17) is 15.0 Å². The van der Waals surface area contributed by atoms with Gasteiger partial charge in [-0.2, -0.15) is 0 Å². The molecule has 23 heavy (non-hydrogen) atoms. The minimum Gasteiger partial charge on any atom is -0.449 e. The Labute approximate surface area is 135 Å². The molecule has 0 aliphatic rings. The van der Waals surface area contributed by atoms with E-state index in [2.05, 4.69) is 10.1 Å². The molecule has 0 spiro atoms. The first-order valence-electron chi connectivity index (χ1n) is 6.78. The molecule has 0 saturated carbocycles. The zero-order valence-corrected chi connectivity index (χ0v) is 13.2. The molecule has 118 valence electrons. The molecular weight excluding hydrogens is 318 g/mol. The lowest BCUT2D eigenvalue weighted by molar-refractivity contribution is -0.125. The van der Waals surface area contributed by atoms with E-state index in [1.54, 1.807) is 13.0 Å². The highest BCUT2D eigenvalue weighted by atomic mass is 32.1. The number of aryl methyl sites for hydroxylation is 1. The lowest BCUT2D eigenvalue weighted by atomic mass is 10.1. The number of aromatic nitrogens is 2. The first kappa shape index (κ1) is 15.2. The number of nitrogens with zero attached hydrogens (tertiary/aromatic N) is 2. The summed E-state index contributed by atoms with van der Waals surface area (Å²) in [7, 11) is 0. The van der Waals surface area contributed by atoms with Crippen molar-refractivity contribution in [3.63, 3.8) is 0 Å². The van der Waals surface area contributed by atoms with E-state index >= 15 is 0 Å². The zero-order valence-electron chi connectivity index (χ0n) is 12.4. The molecule has 7 nitrogen and oxygen atoms in total. The minimum atomic E-state index is -1.03. The first-order chi connectivity index (χ1) is 11.0. The van der Waals surface area contributed by atoms with Gasteiger partial charge in [0.15, 0.2) is 6.10 Å². The van der Waals surface area contributed by atoms with Crippen molar-refractivity contribution < 1.29 is 18.8 Å². The van der Waals surface area contributed by atoms with Gasteiger partial charge in [0, 0.05) is 0 Å². The number of primary amides is 1. The molecule has 3 rings (SSSR count). The predicted molar refractivity (Wildman–Crippen MR) is 83.9 cm³/mol. The molecule has 0 aliphatic carbocycles. The minimum absolute atomic E-state index is 0.241. The Morgan fingerprint density at radius 1 is 1.43 bits per heavy atom. The molecule has 0 aliphatic heterocycles. The summed E-state index contributed by atoms with van der Waals surface area (Å²) in [5, 5.41) is 6.21. The summed E-state index contributed by atoms with van der Waals surface area (Å²) in [6.07, 6.45) is -1.03. The summed E-state index contributed by atoms with van der Waals surface area (Å²) in [4.78, 5) is 28.8. The fourth-order valence-corrected chi connectivity index (χ4v) is 2.77. The Balaban J connectivity index is 2.12. The number of fused-ring (bicyclic) bond motifs is 1. The van der Waals surface area contributed by atoms with Crippen LogP contribution in [0.5, 0.6) is 0 Å². The quantitative estimate of drug-likeness (QED) is 0.735. The van der Waals surface area contributed by atoms with Crippen molar-refractivity contribution in [2.24, 2.45) is 5.73 Å². The second-order valence-electron chi connectivity index (χ2n) is 4.93. The van der Waals surface area contributed by atoms with Crippen LogP contribution in [0.2, 0.25) is 0 Å². The highest BCUT2D eigenvalue weighted by Gasteiger charge is 2.23. The fourth-order valence-electron chi connectivity index (χ4n) is 2.09. The molecule has 0 radical (unpaired) electrons. The molecule has 2 N–H and O–H groups in total. The average molecular weight is 331 g/mol. The van der Waals surface area contributed by atoms with Crippen molar-refractivity contribution in [3.8, 4) is 10.6 Å². The molecule has 0 unspecified atom stereocenters. The number of amides is 1. The van der Waals surface area contributed by atoms with Crippen LogP contribution < -0.4 is 5.73 Å². The van der Waals surface area contributed by atoms with Crippen LogP contribution >= 0.6 is 11.3 Å². The lowest BCUT2D eigenvalue weighted by Crippen LogP contribution is -2.30. The highest BCUT2D eigenvalue weighted by molar-refractivity contribution is 7.13. The maximum absolute atomic E-state index is 12.4. The third-order valence-corrected chi connectivity index (χ3v) is 4.19. The number of pyridine rings is 1. The monoisotopic (exact) mass is 331 g/mol. The van der Waals surface area contributed by atoms with Crippen LogP contribution in [0.25, 0.3) is 21.7 Å². The van der Waals surface area contributed by atoms with Crippen molar-refractivity contribution in [1.29, 1.82) is 0 Å². The summed E-state index contributed by atoms with van der Waals surface area (Å²) in [5.41, 5.74) is 6.71. The molecule has 0 saturated heterocycles. The van der Waals surface area contributed by atoms with Crippen molar-refractivity contribution in [1.82, 2.24) is 10.1 Å². The molecule has 0 aromatic carbocycles. The van der Waals surface area contributed by atoms with Crippen LogP contribution in [0.1, 0.15) is 23.0 Å². The van der Waals surface area contributed by atoms with Crippen LogP contribution in [-0.4, -0.2) is 28.1 Å². The topological polar surface area (TPSA) is 108 Å². The van der Waals surface area contributed by atoms with Crippen LogP contribution in [0.4, 0.5) is 0 Å². The van der Waals surface area contributed by atoms with Gasteiger partial charge in [0.1, 0.15) is 0 Å². The van der Waals surface area contributed by atoms with Gasteiger partial charge in [-0.3, -0.25) is 4.79 Å². The van der Waals surface area contributed by atoms with Gasteiger partial charge < -0.3 is 15.0 Å². The number of esters is 1. The molecule has 8 heteroatoms. The fraction of sp³-hybridized carbons (Fsp3) is 0.200. The Morgan fingerprint density at radius 2 is 2.22 bits per heavy atom. The maximum Gasteiger partial charge on any atom is 0.339 e. The Morgan fingerprint density at radius 3 is 2.87 bits per heavy atom. The molecular formula is C15H13N3O4S. The second-order valence-corrected chi connectivity index (χ2v) is 5.88. The Bertz CT molecular complexity index is 886. The van der Waals surface area contributed by atoms with Gasteiger partial charge in [0.2, 0.25) is 0 Å². The smallest absolute Gasteiger partial charge is 0.339 e. The molecule has 0 bridgehead atoms. The van der Waals surface area contributed by atoms with Gasteiger partial charge in [-0.1, -0.05) is 11.2 Å². The summed E-state index contributed by atoms with van der Waals surface area (Å²) in [6, 6.07) is 5.36. The van der Waals surface area contributed by atoms with E-state index < -0.39 is 18.0 Å². The summed E-state index contributed by atoms with van der Waals surface area (Å²) < 4.78 is 10.3. The number of thiophene rings is 1. The van der Waals surface area contributed by atoms with Crippen molar-refractivity contribution in [2.75, 3.05) is 0 Å². The van der Waals surface area contributed by atoms with E-state index in [1.165, 1.54) is 18.3 Å². The van der Waals surface area contributed by atoms with E-state index in [-0.39, 0.29) is 11.3 Å². The molecule has 0 fully saturated rings. The molecule has 3 heterocycles. The Hall–Kier alpha value is -2.74. The van der Waals surface area contributed by atoms with Crippen LogP contribution in [-0.2, 0) is 9.53 Å². The van der Waals surface area contributed by atoms with Gasteiger partial charge in [-0.05, 0) is 31.4 Å². The predicted octanol–water partition coefficient (Wildman–Crippen LogP) is 2.29. The van der Waals surface area contributed by atoms with E-state index in [0.29, 0.717) is 16.8 Å². The first-order valence-corrected chi connectivity index (χ1v) is 7.66. The zero-order chi connectivity index (χ0) is 16.6. The molecule has 3 aromatic heterocycles. The number of carbonyl (C=O) groups excluding carboxylic acids is 2. The van der Waals surface area contributed by atoms with Crippen molar-refractivity contribution >= 4 is 34.3 Å². The molecule has 3 aromatic rings. The number of nitrogens with two attached hydrogens (primary N) is 1. The third kappa shape index (κ3) is 2.80. The van der Waals surface area contributed by atoms with Crippen molar-refractivity contribution in [3.05, 3.63) is 34.8 Å². The third-order valence-electron chi connectivity index (χ3n) is 3.30. The molecule has 1 amide bonds. The number of carbonyl (C=O) groups is 2. The average Bonchev–Trinajstić information content (AvgIpc) is 3.16. The van der Waals surface area contributed by atoms with Gasteiger partial charge >= 0.3 is 5.97 Å². The lowest BCUT2D eigenvalue weighted by Gasteiger charge is -2.10. The number of rotatable bonds is 4. The SMILES string of the molecule is Cc1noc2nc(-c3cccs3)cc(C(=O)O[C@@H](C)C(N)=O)c12. The van der Waals surface area contributed by atoms with E-state index in [1.807, 2.05) is 17.5 Å². The van der Waals surface area contributed by atoms with Crippen molar-refractivity contribution in [2.45, 2.75) is 20.0 Å². The largest absolute Gasteiger partial charge is 0.449 e. The van der Waals surface area contributed by atoms with Gasteiger partial charge in [0.25, 0.3) is 11.6 Å². The van der Waals surface area contributed by atoms with Crippen LogP contribution in [0, 0.1) is 6.92 Å². The summed E-state index contributed by atoms with van der Waals surface area (Å²) in [6.45, 7) is 3.12. The van der Waals surface area contributed by atoms with Crippen LogP contribution in [0.3, 0.4) is 0 Å². The Kier molecular flexibility index (Phi) is 3.83. The van der Waals surface area contributed by atoms with Gasteiger partial charge in [-0.25, -0.2) is 9.78 Å². The second kappa shape index (κ2) is 5.81.